The van der Waals surface area contributed by atoms with Crippen LogP contribution in [0, 0.1) is 0 Å². The smallest absolute Gasteiger partial charge is 0.255 e. The second-order valence-electron chi connectivity index (χ2n) is 5.36. The van der Waals surface area contributed by atoms with E-state index in [0.29, 0.717) is 18.7 Å². The van der Waals surface area contributed by atoms with Crippen molar-refractivity contribution in [3.8, 4) is 0 Å². The molecule has 0 aromatic carbocycles. The highest BCUT2D eigenvalue weighted by atomic mass is 35.5. The Hall–Kier alpha value is -0.880. The average Bonchev–Trinajstić information content (AvgIpc) is 2.39. The third-order valence-electron chi connectivity index (χ3n) is 3.02. The predicted molar refractivity (Wildman–Crippen MR) is 76.2 cm³/mol. The van der Waals surface area contributed by atoms with Gasteiger partial charge in [0.05, 0.1) is 28.9 Å². The van der Waals surface area contributed by atoms with E-state index in [1.54, 1.807) is 4.90 Å². The Bertz CT molecular complexity index is 522. The van der Waals surface area contributed by atoms with Crippen LogP contribution in [0.4, 0.5) is 0 Å². The van der Waals surface area contributed by atoms with Crippen LogP contribution in [0.15, 0.2) is 12.3 Å². The Morgan fingerprint density at radius 1 is 1.60 bits per heavy atom. The summed E-state index contributed by atoms with van der Waals surface area (Å²) in [5.74, 6) is -0.203. The number of halogens is 2. The number of aliphatic hydroxyl groups is 1. The van der Waals surface area contributed by atoms with Gasteiger partial charge in [0.1, 0.15) is 5.15 Å². The molecule has 1 saturated heterocycles. The molecule has 7 heteroatoms. The molecule has 0 radical (unpaired) electrons. The van der Waals surface area contributed by atoms with Gasteiger partial charge < -0.3 is 14.7 Å². The molecule has 1 aromatic rings. The Morgan fingerprint density at radius 2 is 2.30 bits per heavy atom. The van der Waals surface area contributed by atoms with Gasteiger partial charge in [-0.15, -0.1) is 0 Å². The number of nitrogens with zero attached hydrogens (tertiary/aromatic N) is 2. The Labute approximate surface area is 127 Å². The number of carbonyl (C=O) groups is 1. The van der Waals surface area contributed by atoms with Crippen molar-refractivity contribution in [2.45, 2.75) is 25.6 Å². The molecule has 2 heterocycles. The second-order valence-corrected chi connectivity index (χ2v) is 6.13. The summed E-state index contributed by atoms with van der Waals surface area (Å²) in [5, 5.41) is 9.67. The number of aromatic nitrogens is 1. The molecular weight excluding hydrogens is 303 g/mol. The standard InChI is InChI=1S/C13H16Cl2N2O3/c1-13(2)7-17(5-9(6-18)20-13)12(19)8-3-10(14)11(15)16-4-8/h3-4,9,18H,5-7H2,1-2H3. The third-order valence-corrected chi connectivity index (χ3v) is 3.70. The van der Waals surface area contributed by atoms with E-state index in [2.05, 4.69) is 4.98 Å². The second kappa shape index (κ2) is 5.85. The maximum absolute atomic E-state index is 12.5. The minimum absolute atomic E-state index is 0.132. The lowest BCUT2D eigenvalue weighted by Crippen LogP contribution is -2.55. The van der Waals surface area contributed by atoms with E-state index < -0.39 is 11.7 Å². The van der Waals surface area contributed by atoms with Crippen molar-refractivity contribution in [2.24, 2.45) is 0 Å². The molecule has 20 heavy (non-hydrogen) atoms. The molecule has 1 N–H and O–H groups in total. The molecule has 0 saturated carbocycles. The largest absolute Gasteiger partial charge is 0.394 e. The zero-order chi connectivity index (χ0) is 14.9. The maximum atomic E-state index is 12.5. The highest BCUT2D eigenvalue weighted by molar-refractivity contribution is 6.41. The topological polar surface area (TPSA) is 62.7 Å². The monoisotopic (exact) mass is 318 g/mol. The molecule has 1 amide bonds. The van der Waals surface area contributed by atoms with Crippen molar-refractivity contribution in [3.63, 3.8) is 0 Å². The number of morpholine rings is 1. The molecule has 1 aromatic heterocycles. The molecule has 1 atom stereocenters. The zero-order valence-corrected chi connectivity index (χ0v) is 12.8. The third kappa shape index (κ3) is 3.41. The summed E-state index contributed by atoms with van der Waals surface area (Å²) >= 11 is 11.6. The van der Waals surface area contributed by atoms with Crippen molar-refractivity contribution < 1.29 is 14.6 Å². The predicted octanol–water partition coefficient (Wildman–Crippen LogP) is 2.00. The van der Waals surface area contributed by atoms with E-state index in [1.165, 1.54) is 12.3 Å². The Kier molecular flexibility index (Phi) is 4.54. The minimum Gasteiger partial charge on any atom is -0.394 e. The van der Waals surface area contributed by atoms with E-state index in [0.717, 1.165) is 0 Å². The van der Waals surface area contributed by atoms with E-state index in [-0.39, 0.29) is 22.7 Å². The summed E-state index contributed by atoms with van der Waals surface area (Å²) in [5.41, 5.74) is -0.140. The lowest BCUT2D eigenvalue weighted by atomic mass is 10.0. The zero-order valence-electron chi connectivity index (χ0n) is 11.3. The summed E-state index contributed by atoms with van der Waals surface area (Å²) in [6, 6.07) is 1.50. The number of pyridine rings is 1. The maximum Gasteiger partial charge on any atom is 0.255 e. The quantitative estimate of drug-likeness (QED) is 0.847. The Morgan fingerprint density at radius 3 is 2.90 bits per heavy atom. The first kappa shape index (κ1) is 15.5. The van der Waals surface area contributed by atoms with Gasteiger partial charge in [-0.2, -0.15) is 0 Å². The van der Waals surface area contributed by atoms with Crippen molar-refractivity contribution in [1.82, 2.24) is 9.88 Å². The van der Waals surface area contributed by atoms with E-state index >= 15 is 0 Å². The number of ether oxygens (including phenoxy) is 1. The van der Waals surface area contributed by atoms with Crippen LogP contribution in [-0.2, 0) is 4.74 Å². The van der Waals surface area contributed by atoms with Crippen LogP contribution in [0.1, 0.15) is 24.2 Å². The molecule has 1 fully saturated rings. The number of carbonyl (C=O) groups excluding carboxylic acids is 1. The fraction of sp³-hybridized carbons (Fsp3) is 0.538. The molecule has 5 nitrogen and oxygen atoms in total. The molecule has 0 spiro atoms. The fourth-order valence-corrected chi connectivity index (χ4v) is 2.54. The van der Waals surface area contributed by atoms with Crippen LogP contribution in [-0.4, -0.2) is 52.3 Å². The number of rotatable bonds is 2. The lowest BCUT2D eigenvalue weighted by molar-refractivity contribution is -0.139. The van der Waals surface area contributed by atoms with Crippen LogP contribution in [0.25, 0.3) is 0 Å². The van der Waals surface area contributed by atoms with Crippen LogP contribution in [0.5, 0.6) is 0 Å². The van der Waals surface area contributed by atoms with Crippen LogP contribution < -0.4 is 0 Å². The van der Waals surface area contributed by atoms with Gasteiger partial charge >= 0.3 is 0 Å². The average molecular weight is 319 g/mol. The van der Waals surface area contributed by atoms with Crippen molar-refractivity contribution in [2.75, 3.05) is 19.7 Å². The highest BCUT2D eigenvalue weighted by Gasteiger charge is 2.35. The highest BCUT2D eigenvalue weighted by Crippen LogP contribution is 2.24. The van der Waals surface area contributed by atoms with Crippen LogP contribution in [0.3, 0.4) is 0 Å². The van der Waals surface area contributed by atoms with E-state index in [4.69, 9.17) is 27.9 Å². The van der Waals surface area contributed by atoms with Gasteiger partial charge in [-0.1, -0.05) is 23.2 Å². The number of aliphatic hydroxyl groups excluding tert-OH is 1. The van der Waals surface area contributed by atoms with Gasteiger partial charge in [-0.25, -0.2) is 4.98 Å². The van der Waals surface area contributed by atoms with Gasteiger partial charge in [-0.05, 0) is 19.9 Å². The molecular formula is C13H16Cl2N2O3. The van der Waals surface area contributed by atoms with Gasteiger partial charge in [0.2, 0.25) is 0 Å². The summed E-state index contributed by atoms with van der Waals surface area (Å²) in [4.78, 5) is 18.0. The van der Waals surface area contributed by atoms with Crippen molar-refractivity contribution in [3.05, 3.63) is 28.0 Å². The Balaban J connectivity index is 2.21. The SMILES string of the molecule is CC1(C)CN(C(=O)c2cnc(Cl)c(Cl)c2)CC(CO)O1. The summed E-state index contributed by atoms with van der Waals surface area (Å²) in [6.07, 6.45) is 1.01. The summed E-state index contributed by atoms with van der Waals surface area (Å²) in [7, 11) is 0. The van der Waals surface area contributed by atoms with Crippen LogP contribution >= 0.6 is 23.2 Å². The van der Waals surface area contributed by atoms with Crippen molar-refractivity contribution in [1.29, 1.82) is 0 Å². The number of hydrogen-bond donors (Lipinski definition) is 1. The molecule has 1 unspecified atom stereocenters. The summed E-state index contributed by atoms with van der Waals surface area (Å²) < 4.78 is 5.68. The normalized spacial score (nSPS) is 21.9. The molecule has 110 valence electrons. The first-order valence-electron chi connectivity index (χ1n) is 6.21. The molecule has 1 aliphatic heterocycles. The van der Waals surface area contributed by atoms with Gasteiger partial charge in [0, 0.05) is 19.3 Å². The minimum atomic E-state index is -0.509. The van der Waals surface area contributed by atoms with Crippen LogP contribution in [0.2, 0.25) is 10.2 Å². The van der Waals surface area contributed by atoms with Crippen molar-refractivity contribution >= 4 is 29.1 Å². The van der Waals surface area contributed by atoms with E-state index in [9.17, 15) is 9.90 Å². The van der Waals surface area contributed by atoms with E-state index in [1.807, 2.05) is 13.8 Å². The molecule has 0 aliphatic carbocycles. The molecule has 1 aliphatic rings. The molecule has 0 bridgehead atoms. The van der Waals surface area contributed by atoms with Gasteiger partial charge in [0.15, 0.2) is 0 Å². The first-order chi connectivity index (χ1) is 9.32. The number of amides is 1. The lowest BCUT2D eigenvalue weighted by Gasteiger charge is -2.42. The summed E-state index contributed by atoms with van der Waals surface area (Å²) in [6.45, 7) is 4.39. The molecule has 2 rings (SSSR count). The number of hydrogen-bond acceptors (Lipinski definition) is 4. The van der Waals surface area contributed by atoms with Gasteiger partial charge in [0.25, 0.3) is 5.91 Å². The fourth-order valence-electron chi connectivity index (χ4n) is 2.27. The van der Waals surface area contributed by atoms with Gasteiger partial charge in [-0.3, -0.25) is 4.79 Å². The first-order valence-corrected chi connectivity index (χ1v) is 6.97.